The van der Waals surface area contributed by atoms with Gasteiger partial charge in [0.15, 0.2) is 0 Å². The highest BCUT2D eigenvalue weighted by Crippen LogP contribution is 2.55. The predicted octanol–water partition coefficient (Wildman–Crippen LogP) is 4.76. The van der Waals surface area contributed by atoms with E-state index in [1.54, 1.807) is 0 Å². The minimum atomic E-state index is -1.75. The fourth-order valence-corrected chi connectivity index (χ4v) is 15.1. The van der Waals surface area contributed by atoms with Crippen LogP contribution in [0.1, 0.15) is 0 Å². The van der Waals surface area contributed by atoms with Gasteiger partial charge in [-0.2, -0.15) is 0 Å². The lowest BCUT2D eigenvalue weighted by atomic mass is 10.4. The maximum absolute atomic E-state index is 6.34. The van der Waals surface area contributed by atoms with Gasteiger partial charge in [-0.15, -0.1) is 0 Å². The Kier molecular flexibility index (Phi) is 5.27. The van der Waals surface area contributed by atoms with Crippen LogP contribution in [-0.2, 0) is 11.8 Å². The SMILES string of the molecule is C[Si](C)(C)C(I)P(=S)(c1ccccc1)c1ccccc1. The van der Waals surface area contributed by atoms with E-state index >= 15 is 0 Å². The summed E-state index contributed by atoms with van der Waals surface area (Å²) in [4.78, 5) is 0. The highest BCUT2D eigenvalue weighted by atomic mass is 127. The first-order valence-corrected chi connectivity index (χ1v) is 14.4. The largest absolute Gasteiger partial charge is 0.0868 e. The molecule has 2 aromatic rings. The molecule has 0 heterocycles. The van der Waals surface area contributed by atoms with E-state index in [1.165, 1.54) is 10.6 Å². The Balaban J connectivity index is 2.65. The number of alkyl halides is 1. The van der Waals surface area contributed by atoms with Crippen molar-refractivity contribution in [2.75, 3.05) is 0 Å². The van der Waals surface area contributed by atoms with E-state index in [-0.39, 0.29) is 0 Å². The van der Waals surface area contributed by atoms with Crippen LogP contribution >= 0.6 is 28.6 Å². The highest BCUT2D eigenvalue weighted by Gasteiger charge is 2.38. The van der Waals surface area contributed by atoms with E-state index in [9.17, 15) is 0 Å². The number of halogens is 1. The maximum Gasteiger partial charge on any atom is 0.0657 e. The second-order valence-corrected chi connectivity index (χ2v) is 19.8. The minimum Gasteiger partial charge on any atom is -0.0868 e. The summed E-state index contributed by atoms with van der Waals surface area (Å²) in [6, 6.07) is 19.8. The molecule has 0 bridgehead atoms. The molecule has 0 saturated heterocycles. The van der Waals surface area contributed by atoms with E-state index in [2.05, 4.69) is 103 Å². The Morgan fingerprint density at radius 2 is 1.20 bits per heavy atom. The first-order valence-electron chi connectivity index (χ1n) is 6.72. The first-order chi connectivity index (χ1) is 9.37. The molecular formula is C16H20IPSSi. The zero-order valence-electron chi connectivity index (χ0n) is 12.1. The monoisotopic (exact) mass is 430 g/mol. The number of hydrogen-bond donors (Lipinski definition) is 0. The van der Waals surface area contributed by atoms with Gasteiger partial charge in [-0.1, -0.05) is 115 Å². The Labute approximate surface area is 142 Å². The van der Waals surface area contributed by atoms with Crippen LogP contribution in [-0.4, -0.2) is 11.4 Å². The van der Waals surface area contributed by atoms with Crippen molar-refractivity contribution in [2.24, 2.45) is 0 Å². The predicted molar refractivity (Wildman–Crippen MR) is 108 cm³/mol. The number of hydrogen-bond acceptors (Lipinski definition) is 1. The third kappa shape index (κ3) is 3.27. The summed E-state index contributed by atoms with van der Waals surface area (Å²) in [6.45, 7) is 7.28. The standard InChI is InChI=1S/C16H20IPSSi/c1-20(2,3)16(17)18(19,14-10-6-4-7-11-14)15-12-8-5-9-13-15/h4-13,16H,1-3H3. The van der Waals surface area contributed by atoms with Crippen LogP contribution in [0, 0.1) is 0 Å². The summed E-state index contributed by atoms with van der Waals surface area (Å²) >= 11 is 8.99. The molecule has 0 aliphatic rings. The van der Waals surface area contributed by atoms with Gasteiger partial charge in [0.2, 0.25) is 0 Å². The topological polar surface area (TPSA) is 0 Å². The molecule has 0 aromatic heterocycles. The fraction of sp³-hybridized carbons (Fsp3) is 0.250. The lowest BCUT2D eigenvalue weighted by Crippen LogP contribution is -2.38. The Bertz CT molecular complexity index is 564. The number of rotatable bonds is 4. The molecule has 20 heavy (non-hydrogen) atoms. The minimum absolute atomic E-state index is 0.562. The molecule has 4 heteroatoms. The van der Waals surface area contributed by atoms with Crippen molar-refractivity contribution in [3.8, 4) is 0 Å². The van der Waals surface area contributed by atoms with Gasteiger partial charge in [0.1, 0.15) is 0 Å². The second-order valence-electron chi connectivity index (χ2n) is 6.03. The van der Waals surface area contributed by atoms with Crippen molar-refractivity contribution in [3.63, 3.8) is 0 Å². The van der Waals surface area contributed by atoms with Crippen LogP contribution in [0.4, 0.5) is 0 Å². The normalized spacial score (nSPS) is 14.0. The Hall–Kier alpha value is 0.0369. The molecule has 0 N–H and O–H groups in total. The molecule has 0 aliphatic carbocycles. The van der Waals surface area contributed by atoms with Crippen molar-refractivity contribution in [1.29, 1.82) is 0 Å². The smallest absolute Gasteiger partial charge is 0.0657 e. The molecule has 2 aromatic carbocycles. The summed E-state index contributed by atoms with van der Waals surface area (Å²) in [7, 11) is -1.33. The molecule has 0 saturated carbocycles. The molecule has 1 atom stereocenters. The summed E-state index contributed by atoms with van der Waals surface area (Å²) in [5, 5.41) is 2.70. The van der Waals surface area contributed by atoms with Crippen LogP contribution in [0.25, 0.3) is 0 Å². The maximum atomic E-state index is 6.34. The van der Waals surface area contributed by atoms with E-state index < -0.39 is 14.1 Å². The van der Waals surface area contributed by atoms with Crippen molar-refractivity contribution in [1.82, 2.24) is 0 Å². The molecule has 0 fully saturated rings. The van der Waals surface area contributed by atoms with Crippen molar-refractivity contribution in [3.05, 3.63) is 60.7 Å². The van der Waals surface area contributed by atoms with Gasteiger partial charge in [-0.3, -0.25) is 0 Å². The quantitative estimate of drug-likeness (QED) is 0.292. The average molecular weight is 430 g/mol. The molecule has 0 radical (unpaired) electrons. The lowest BCUT2D eigenvalue weighted by molar-refractivity contribution is 1.62. The van der Waals surface area contributed by atoms with Gasteiger partial charge in [-0.05, 0) is 10.6 Å². The van der Waals surface area contributed by atoms with Gasteiger partial charge in [0.05, 0.1) is 8.07 Å². The van der Waals surface area contributed by atoms with E-state index in [4.69, 9.17) is 11.8 Å². The van der Waals surface area contributed by atoms with Crippen LogP contribution in [0.3, 0.4) is 0 Å². The zero-order chi connectivity index (χ0) is 14.8. The molecule has 0 amide bonds. The summed E-state index contributed by atoms with van der Waals surface area (Å²) in [5.41, 5.74) is 0. The Morgan fingerprint density at radius 1 is 0.850 bits per heavy atom. The molecule has 0 aliphatic heterocycles. The van der Waals surface area contributed by atoms with Gasteiger partial charge >= 0.3 is 0 Å². The van der Waals surface area contributed by atoms with Gasteiger partial charge < -0.3 is 0 Å². The molecule has 2 rings (SSSR count). The van der Waals surface area contributed by atoms with Crippen LogP contribution in [0.2, 0.25) is 19.6 Å². The Morgan fingerprint density at radius 3 is 1.50 bits per heavy atom. The highest BCUT2D eigenvalue weighted by molar-refractivity contribution is 14.1. The van der Waals surface area contributed by atoms with Gasteiger partial charge in [0.25, 0.3) is 0 Å². The second kappa shape index (κ2) is 6.43. The molecule has 0 spiro atoms. The van der Waals surface area contributed by atoms with Crippen molar-refractivity contribution in [2.45, 2.75) is 22.9 Å². The average Bonchev–Trinajstić information content (AvgIpc) is 2.46. The van der Waals surface area contributed by atoms with Crippen LogP contribution < -0.4 is 10.6 Å². The van der Waals surface area contributed by atoms with Crippen molar-refractivity contribution >= 4 is 59.1 Å². The van der Waals surface area contributed by atoms with E-state index in [0.29, 0.717) is 3.29 Å². The summed E-state index contributed by atoms with van der Waals surface area (Å²) in [6.07, 6.45) is 0. The van der Waals surface area contributed by atoms with Gasteiger partial charge in [0, 0.05) is 9.33 Å². The molecule has 1 unspecified atom stereocenters. The molecule has 0 nitrogen and oxygen atoms in total. The van der Waals surface area contributed by atoms with E-state index in [1.807, 2.05) is 0 Å². The summed E-state index contributed by atoms with van der Waals surface area (Å²) in [5.74, 6) is 0. The van der Waals surface area contributed by atoms with E-state index in [0.717, 1.165) is 0 Å². The zero-order valence-corrected chi connectivity index (χ0v) is 17.0. The third-order valence-corrected chi connectivity index (χ3v) is 22.7. The first kappa shape index (κ1) is 16.4. The number of benzene rings is 2. The third-order valence-electron chi connectivity index (χ3n) is 3.31. The van der Waals surface area contributed by atoms with Gasteiger partial charge in [-0.25, -0.2) is 0 Å². The summed E-state index contributed by atoms with van der Waals surface area (Å²) < 4.78 is 0.562. The molecular weight excluding hydrogens is 410 g/mol. The fourth-order valence-electron chi connectivity index (χ4n) is 2.26. The van der Waals surface area contributed by atoms with Crippen LogP contribution in [0.5, 0.6) is 0 Å². The van der Waals surface area contributed by atoms with Crippen molar-refractivity contribution < 1.29 is 0 Å². The lowest BCUT2D eigenvalue weighted by Gasteiger charge is -2.36. The molecule has 106 valence electrons. The van der Waals surface area contributed by atoms with Crippen LogP contribution in [0.15, 0.2) is 60.7 Å².